The third kappa shape index (κ3) is 3.91. The van der Waals surface area contributed by atoms with Crippen molar-refractivity contribution in [3.63, 3.8) is 0 Å². The van der Waals surface area contributed by atoms with Gasteiger partial charge in [0.25, 0.3) is 0 Å². The molecule has 0 heterocycles. The quantitative estimate of drug-likeness (QED) is 0.635. The summed E-state index contributed by atoms with van der Waals surface area (Å²) in [5.41, 5.74) is 1.82. The van der Waals surface area contributed by atoms with Gasteiger partial charge < -0.3 is 14.2 Å². The molecule has 4 heteroatoms. The van der Waals surface area contributed by atoms with Gasteiger partial charge in [-0.2, -0.15) is 0 Å². The van der Waals surface area contributed by atoms with E-state index in [1.54, 1.807) is 26.4 Å². The number of benzene rings is 3. The summed E-state index contributed by atoms with van der Waals surface area (Å²) < 4.78 is 15.9. The SMILES string of the molecule is COc1ccc(CC(=O)OCc2cccc3ccccc23)cc1OC. The van der Waals surface area contributed by atoms with E-state index in [9.17, 15) is 4.79 Å². The minimum Gasteiger partial charge on any atom is -0.493 e. The highest BCUT2D eigenvalue weighted by atomic mass is 16.5. The molecule has 0 aliphatic carbocycles. The first kappa shape index (κ1) is 16.8. The van der Waals surface area contributed by atoms with Crippen LogP contribution < -0.4 is 9.47 Å². The lowest BCUT2D eigenvalue weighted by molar-refractivity contribution is -0.144. The molecule has 0 saturated carbocycles. The number of hydrogen-bond donors (Lipinski definition) is 0. The van der Waals surface area contributed by atoms with Gasteiger partial charge in [0.15, 0.2) is 11.5 Å². The molecule has 0 aliphatic rings. The van der Waals surface area contributed by atoms with E-state index in [-0.39, 0.29) is 19.0 Å². The molecule has 3 aromatic rings. The first-order valence-corrected chi connectivity index (χ1v) is 8.04. The number of methoxy groups -OCH3 is 2. The first-order valence-electron chi connectivity index (χ1n) is 8.04. The Bertz CT molecular complexity index is 881. The van der Waals surface area contributed by atoms with Crippen LogP contribution in [0.3, 0.4) is 0 Å². The molecule has 0 radical (unpaired) electrons. The maximum atomic E-state index is 12.2. The minimum atomic E-state index is -0.278. The van der Waals surface area contributed by atoms with Gasteiger partial charge in [0, 0.05) is 0 Å². The molecule has 0 aliphatic heterocycles. The molecule has 0 amide bonds. The first-order chi connectivity index (χ1) is 12.2. The smallest absolute Gasteiger partial charge is 0.310 e. The normalized spacial score (nSPS) is 10.5. The summed E-state index contributed by atoms with van der Waals surface area (Å²) in [6.07, 6.45) is 0.186. The van der Waals surface area contributed by atoms with Crippen molar-refractivity contribution >= 4 is 16.7 Å². The molecule has 4 nitrogen and oxygen atoms in total. The molecular formula is C21H20O4. The molecule has 25 heavy (non-hydrogen) atoms. The zero-order valence-electron chi connectivity index (χ0n) is 14.3. The molecule has 0 bridgehead atoms. The number of hydrogen-bond acceptors (Lipinski definition) is 4. The molecule has 0 spiro atoms. The van der Waals surface area contributed by atoms with Crippen LogP contribution in [0.4, 0.5) is 0 Å². The number of esters is 1. The summed E-state index contributed by atoms with van der Waals surface area (Å²) in [5.74, 6) is 0.956. The van der Waals surface area contributed by atoms with E-state index in [2.05, 4.69) is 0 Å². The van der Waals surface area contributed by atoms with E-state index >= 15 is 0 Å². The van der Waals surface area contributed by atoms with Crippen LogP contribution in [-0.2, 0) is 22.6 Å². The van der Waals surface area contributed by atoms with Gasteiger partial charge in [-0.1, -0.05) is 48.5 Å². The van der Waals surface area contributed by atoms with Crippen molar-refractivity contribution in [3.8, 4) is 11.5 Å². The van der Waals surface area contributed by atoms with Gasteiger partial charge in [-0.3, -0.25) is 4.79 Å². The van der Waals surface area contributed by atoms with E-state index < -0.39 is 0 Å². The third-order valence-electron chi connectivity index (χ3n) is 4.07. The van der Waals surface area contributed by atoms with Crippen LogP contribution in [0, 0.1) is 0 Å². The van der Waals surface area contributed by atoms with Crippen LogP contribution >= 0.6 is 0 Å². The predicted molar refractivity (Wildman–Crippen MR) is 97.0 cm³/mol. The van der Waals surface area contributed by atoms with Crippen molar-refractivity contribution in [1.82, 2.24) is 0 Å². The highest BCUT2D eigenvalue weighted by molar-refractivity contribution is 5.85. The maximum absolute atomic E-state index is 12.2. The fourth-order valence-corrected chi connectivity index (χ4v) is 2.78. The lowest BCUT2D eigenvalue weighted by Crippen LogP contribution is -2.08. The maximum Gasteiger partial charge on any atom is 0.310 e. The second-order valence-corrected chi connectivity index (χ2v) is 5.67. The Kier molecular flexibility index (Phi) is 5.19. The average Bonchev–Trinajstić information content (AvgIpc) is 2.66. The summed E-state index contributed by atoms with van der Waals surface area (Å²) in [5, 5.41) is 2.24. The van der Waals surface area contributed by atoms with E-state index in [0.29, 0.717) is 11.5 Å². The third-order valence-corrected chi connectivity index (χ3v) is 4.07. The summed E-state index contributed by atoms with van der Waals surface area (Å²) in [6, 6.07) is 19.5. The second-order valence-electron chi connectivity index (χ2n) is 5.67. The largest absolute Gasteiger partial charge is 0.493 e. The van der Waals surface area contributed by atoms with Gasteiger partial charge in [0.1, 0.15) is 6.61 Å². The van der Waals surface area contributed by atoms with Gasteiger partial charge in [0.05, 0.1) is 20.6 Å². The van der Waals surface area contributed by atoms with Crippen LogP contribution in [0.1, 0.15) is 11.1 Å². The van der Waals surface area contributed by atoms with Gasteiger partial charge in [-0.15, -0.1) is 0 Å². The standard InChI is InChI=1S/C21H20O4/c1-23-19-11-10-15(12-20(19)24-2)13-21(22)25-14-17-8-5-7-16-6-3-4-9-18(16)17/h3-12H,13-14H2,1-2H3. The molecule has 0 N–H and O–H groups in total. The molecule has 0 fully saturated rings. The molecule has 0 atom stereocenters. The second kappa shape index (κ2) is 7.71. The molecule has 0 saturated heterocycles. The van der Waals surface area contributed by atoms with E-state index in [1.165, 1.54) is 0 Å². The summed E-state index contributed by atoms with van der Waals surface area (Å²) >= 11 is 0. The fourth-order valence-electron chi connectivity index (χ4n) is 2.78. The summed E-state index contributed by atoms with van der Waals surface area (Å²) in [6.45, 7) is 0.257. The minimum absolute atomic E-state index is 0.186. The van der Waals surface area contributed by atoms with Gasteiger partial charge >= 0.3 is 5.97 Å². The van der Waals surface area contributed by atoms with Crippen molar-refractivity contribution in [3.05, 3.63) is 71.8 Å². The van der Waals surface area contributed by atoms with Crippen LogP contribution in [0.5, 0.6) is 11.5 Å². The van der Waals surface area contributed by atoms with Crippen LogP contribution in [-0.4, -0.2) is 20.2 Å². The lowest BCUT2D eigenvalue weighted by Gasteiger charge is -2.10. The number of ether oxygens (including phenoxy) is 3. The highest BCUT2D eigenvalue weighted by Crippen LogP contribution is 2.28. The molecule has 0 unspecified atom stereocenters. The summed E-state index contributed by atoms with van der Waals surface area (Å²) in [7, 11) is 3.15. The van der Waals surface area contributed by atoms with E-state index in [4.69, 9.17) is 14.2 Å². The Balaban J connectivity index is 1.67. The highest BCUT2D eigenvalue weighted by Gasteiger charge is 2.10. The van der Waals surface area contributed by atoms with E-state index in [1.807, 2.05) is 48.5 Å². The number of fused-ring (bicyclic) bond motifs is 1. The Morgan fingerprint density at radius 1 is 0.880 bits per heavy atom. The Morgan fingerprint density at radius 2 is 1.64 bits per heavy atom. The van der Waals surface area contributed by atoms with Crippen LogP contribution in [0.2, 0.25) is 0 Å². The predicted octanol–water partition coefficient (Wildman–Crippen LogP) is 4.14. The number of rotatable bonds is 6. The van der Waals surface area contributed by atoms with Crippen molar-refractivity contribution < 1.29 is 19.0 Å². The molecule has 0 aromatic heterocycles. The summed E-state index contributed by atoms with van der Waals surface area (Å²) in [4.78, 5) is 12.2. The Hall–Kier alpha value is -3.01. The van der Waals surface area contributed by atoms with Crippen molar-refractivity contribution in [2.24, 2.45) is 0 Å². The van der Waals surface area contributed by atoms with E-state index in [0.717, 1.165) is 21.9 Å². The lowest BCUT2D eigenvalue weighted by atomic mass is 10.1. The Labute approximate surface area is 146 Å². The van der Waals surface area contributed by atoms with Crippen molar-refractivity contribution in [2.45, 2.75) is 13.0 Å². The Morgan fingerprint density at radius 3 is 2.44 bits per heavy atom. The average molecular weight is 336 g/mol. The topological polar surface area (TPSA) is 44.8 Å². The fraction of sp³-hybridized carbons (Fsp3) is 0.190. The van der Waals surface area contributed by atoms with Gasteiger partial charge in [-0.25, -0.2) is 0 Å². The van der Waals surface area contributed by atoms with Gasteiger partial charge in [-0.05, 0) is 34.0 Å². The zero-order valence-corrected chi connectivity index (χ0v) is 14.3. The molecular weight excluding hydrogens is 316 g/mol. The van der Waals surface area contributed by atoms with Crippen molar-refractivity contribution in [2.75, 3.05) is 14.2 Å². The monoisotopic (exact) mass is 336 g/mol. The molecule has 128 valence electrons. The van der Waals surface area contributed by atoms with Crippen LogP contribution in [0.25, 0.3) is 10.8 Å². The zero-order chi connectivity index (χ0) is 17.6. The molecule has 3 aromatic carbocycles. The van der Waals surface area contributed by atoms with Gasteiger partial charge in [0.2, 0.25) is 0 Å². The van der Waals surface area contributed by atoms with Crippen LogP contribution in [0.15, 0.2) is 60.7 Å². The number of carbonyl (C=O) groups is 1. The number of carbonyl (C=O) groups excluding carboxylic acids is 1. The molecule has 3 rings (SSSR count). The van der Waals surface area contributed by atoms with Crippen molar-refractivity contribution in [1.29, 1.82) is 0 Å².